The van der Waals surface area contributed by atoms with Crippen LogP contribution in [0.3, 0.4) is 0 Å². The van der Waals surface area contributed by atoms with Crippen molar-refractivity contribution in [3.05, 3.63) is 47.7 Å². The Labute approximate surface area is 118 Å². The van der Waals surface area contributed by atoms with Gasteiger partial charge in [-0.3, -0.25) is 10.3 Å². The van der Waals surface area contributed by atoms with E-state index in [-0.39, 0.29) is 11.3 Å². The van der Waals surface area contributed by atoms with Crippen molar-refractivity contribution in [1.29, 1.82) is 0 Å². The lowest BCUT2D eigenvalue weighted by Gasteiger charge is -2.13. The molecule has 0 saturated heterocycles. The third kappa shape index (κ3) is 3.50. The summed E-state index contributed by atoms with van der Waals surface area (Å²) in [7, 11) is 0. The quantitative estimate of drug-likeness (QED) is 0.874. The summed E-state index contributed by atoms with van der Waals surface area (Å²) in [6.45, 7) is 1.73. The van der Waals surface area contributed by atoms with Gasteiger partial charge in [0.25, 0.3) is 0 Å². The second-order valence-corrected chi connectivity index (χ2v) is 4.35. The molecule has 1 aromatic carbocycles. The lowest BCUT2D eigenvalue weighted by molar-refractivity contribution is -0.137. The Hall–Kier alpha value is -2.57. The first kappa shape index (κ1) is 14.8. The maximum Gasteiger partial charge on any atom is 0.416 e. The van der Waals surface area contributed by atoms with Crippen molar-refractivity contribution in [2.24, 2.45) is 0 Å². The van der Waals surface area contributed by atoms with E-state index in [0.29, 0.717) is 11.4 Å². The topological polar surface area (TPSA) is 62.2 Å². The van der Waals surface area contributed by atoms with Crippen LogP contribution in [0.25, 0.3) is 11.3 Å². The van der Waals surface area contributed by atoms with E-state index in [1.54, 1.807) is 25.1 Å². The highest BCUT2D eigenvalue weighted by molar-refractivity contribution is 5.90. The predicted octanol–water partition coefficient (Wildman–Crippen LogP) is 4.17. The minimum absolute atomic E-state index is 0.157. The van der Waals surface area contributed by atoms with Gasteiger partial charge in [0.05, 0.1) is 16.9 Å². The summed E-state index contributed by atoms with van der Waals surface area (Å²) in [6, 6.07) is 7.89. The minimum Gasteiger partial charge on any atom is -0.465 e. The molecule has 2 N–H and O–H groups in total. The number of halogens is 3. The SMILES string of the molecule is Cc1cccc(-c2ccc(C(F)(F)F)cc2NC(=O)O)n1. The van der Waals surface area contributed by atoms with Gasteiger partial charge in [-0.25, -0.2) is 4.79 Å². The molecule has 0 aliphatic rings. The first-order chi connectivity index (χ1) is 9.77. The highest BCUT2D eigenvalue weighted by atomic mass is 19.4. The zero-order valence-corrected chi connectivity index (χ0v) is 10.9. The minimum atomic E-state index is -4.55. The molecule has 0 aliphatic heterocycles. The molecule has 2 aromatic rings. The second kappa shape index (κ2) is 5.43. The Morgan fingerprint density at radius 2 is 1.95 bits per heavy atom. The average Bonchev–Trinajstić information content (AvgIpc) is 2.36. The maximum atomic E-state index is 12.7. The van der Waals surface area contributed by atoms with Crippen molar-refractivity contribution in [3.8, 4) is 11.3 Å². The van der Waals surface area contributed by atoms with Crippen LogP contribution >= 0.6 is 0 Å². The number of benzene rings is 1. The monoisotopic (exact) mass is 296 g/mol. The summed E-state index contributed by atoms with van der Waals surface area (Å²) in [5.41, 5.74) is 0.272. The summed E-state index contributed by atoms with van der Waals surface area (Å²) in [5.74, 6) is 0. The fraction of sp³-hybridized carbons (Fsp3) is 0.143. The molecule has 2 rings (SSSR count). The van der Waals surface area contributed by atoms with Crippen molar-refractivity contribution in [2.45, 2.75) is 13.1 Å². The molecule has 7 heteroatoms. The summed E-state index contributed by atoms with van der Waals surface area (Å²) < 4.78 is 38.1. The van der Waals surface area contributed by atoms with Gasteiger partial charge in [0.2, 0.25) is 0 Å². The fourth-order valence-corrected chi connectivity index (χ4v) is 1.86. The van der Waals surface area contributed by atoms with Crippen molar-refractivity contribution >= 4 is 11.8 Å². The molecule has 0 fully saturated rings. The summed E-state index contributed by atoms with van der Waals surface area (Å²) in [6.07, 6.45) is -5.99. The third-order valence-corrected chi connectivity index (χ3v) is 2.75. The molecule has 0 aliphatic carbocycles. The van der Waals surface area contributed by atoms with Crippen molar-refractivity contribution in [2.75, 3.05) is 5.32 Å². The van der Waals surface area contributed by atoms with Crippen LogP contribution in [-0.2, 0) is 6.18 Å². The van der Waals surface area contributed by atoms with Gasteiger partial charge in [-0.2, -0.15) is 13.2 Å². The molecular weight excluding hydrogens is 285 g/mol. The van der Waals surface area contributed by atoms with Gasteiger partial charge < -0.3 is 5.11 Å². The van der Waals surface area contributed by atoms with E-state index >= 15 is 0 Å². The molecule has 0 bridgehead atoms. The van der Waals surface area contributed by atoms with E-state index in [4.69, 9.17) is 5.11 Å². The Morgan fingerprint density at radius 1 is 1.24 bits per heavy atom. The van der Waals surface area contributed by atoms with Crippen LogP contribution < -0.4 is 5.32 Å². The molecule has 0 saturated carbocycles. The van der Waals surface area contributed by atoms with Crippen LogP contribution in [0.2, 0.25) is 0 Å². The second-order valence-electron chi connectivity index (χ2n) is 4.35. The number of pyridine rings is 1. The molecule has 1 amide bonds. The number of hydrogen-bond acceptors (Lipinski definition) is 2. The van der Waals surface area contributed by atoms with Crippen LogP contribution in [0.15, 0.2) is 36.4 Å². The average molecular weight is 296 g/mol. The van der Waals surface area contributed by atoms with Crippen LogP contribution in [0.5, 0.6) is 0 Å². The summed E-state index contributed by atoms with van der Waals surface area (Å²) in [4.78, 5) is 15.0. The number of aromatic nitrogens is 1. The standard InChI is InChI=1S/C14H11F3N2O2/c1-8-3-2-4-11(18-8)10-6-5-9(14(15,16)17)7-12(10)19-13(20)21/h2-7,19H,1H3,(H,20,21). The van der Waals surface area contributed by atoms with Crippen molar-refractivity contribution in [3.63, 3.8) is 0 Å². The van der Waals surface area contributed by atoms with Crippen molar-refractivity contribution in [1.82, 2.24) is 4.98 Å². The lowest BCUT2D eigenvalue weighted by atomic mass is 10.0. The Balaban J connectivity index is 2.57. The number of amides is 1. The highest BCUT2D eigenvalue weighted by Crippen LogP contribution is 2.35. The van der Waals surface area contributed by atoms with E-state index in [1.807, 2.05) is 5.32 Å². The zero-order chi connectivity index (χ0) is 15.6. The van der Waals surface area contributed by atoms with Crippen LogP contribution in [-0.4, -0.2) is 16.2 Å². The van der Waals surface area contributed by atoms with Gasteiger partial charge in [0.1, 0.15) is 0 Å². The molecule has 0 radical (unpaired) electrons. The summed E-state index contributed by atoms with van der Waals surface area (Å²) >= 11 is 0. The number of alkyl halides is 3. The smallest absolute Gasteiger partial charge is 0.416 e. The first-order valence-electron chi connectivity index (χ1n) is 5.92. The van der Waals surface area contributed by atoms with Crippen LogP contribution in [0.4, 0.5) is 23.7 Å². The Bertz CT molecular complexity index is 684. The van der Waals surface area contributed by atoms with E-state index in [0.717, 1.165) is 12.1 Å². The predicted molar refractivity (Wildman–Crippen MR) is 71.1 cm³/mol. The highest BCUT2D eigenvalue weighted by Gasteiger charge is 2.31. The molecular formula is C14H11F3N2O2. The Kier molecular flexibility index (Phi) is 3.84. The van der Waals surface area contributed by atoms with Crippen LogP contribution in [0.1, 0.15) is 11.3 Å². The fourth-order valence-electron chi connectivity index (χ4n) is 1.86. The van der Waals surface area contributed by atoms with E-state index in [1.165, 1.54) is 6.07 Å². The number of nitrogens with one attached hydrogen (secondary N) is 1. The van der Waals surface area contributed by atoms with Crippen molar-refractivity contribution < 1.29 is 23.1 Å². The molecule has 0 atom stereocenters. The van der Waals surface area contributed by atoms with Gasteiger partial charge in [0.15, 0.2) is 0 Å². The molecule has 1 aromatic heterocycles. The van der Waals surface area contributed by atoms with E-state index in [2.05, 4.69) is 4.98 Å². The first-order valence-corrected chi connectivity index (χ1v) is 5.92. The molecule has 21 heavy (non-hydrogen) atoms. The van der Waals surface area contributed by atoms with Crippen LogP contribution in [0, 0.1) is 6.92 Å². The third-order valence-electron chi connectivity index (χ3n) is 2.75. The number of anilines is 1. The molecule has 0 spiro atoms. The van der Waals surface area contributed by atoms with Gasteiger partial charge >= 0.3 is 12.3 Å². The van der Waals surface area contributed by atoms with Gasteiger partial charge in [0, 0.05) is 11.3 Å². The zero-order valence-electron chi connectivity index (χ0n) is 10.9. The number of aryl methyl sites for hydroxylation is 1. The number of carboxylic acid groups (broad SMARTS) is 1. The number of rotatable bonds is 2. The lowest BCUT2D eigenvalue weighted by Crippen LogP contribution is -2.11. The van der Waals surface area contributed by atoms with Gasteiger partial charge in [-0.1, -0.05) is 12.1 Å². The molecule has 1 heterocycles. The number of carbonyl (C=O) groups is 1. The van der Waals surface area contributed by atoms with Gasteiger partial charge in [-0.15, -0.1) is 0 Å². The number of hydrogen-bond donors (Lipinski definition) is 2. The molecule has 0 unspecified atom stereocenters. The number of nitrogens with zero attached hydrogens (tertiary/aromatic N) is 1. The van der Waals surface area contributed by atoms with E-state index < -0.39 is 17.8 Å². The van der Waals surface area contributed by atoms with Gasteiger partial charge in [-0.05, 0) is 31.2 Å². The normalized spacial score (nSPS) is 11.2. The summed E-state index contributed by atoms with van der Waals surface area (Å²) in [5, 5.41) is 10.8. The molecule has 4 nitrogen and oxygen atoms in total. The van der Waals surface area contributed by atoms with E-state index in [9.17, 15) is 18.0 Å². The maximum absolute atomic E-state index is 12.7. The largest absolute Gasteiger partial charge is 0.465 e. The Morgan fingerprint density at radius 3 is 2.52 bits per heavy atom. The molecule has 110 valence electrons.